The standard InChI is InChI=1S/C25H28N4O3S/c1-5-6-20-12-14-24(29(20)21-9-7-19(8-10-21)27-33(4,30)31)23-13-11-22(17-25(23)32-3)28-16-15-26-18(28)2/h7-17,27H,5-6H2,1-4H3. The Kier molecular flexibility index (Phi) is 6.29. The van der Waals surface area contributed by atoms with Gasteiger partial charge in [-0.15, -0.1) is 0 Å². The average Bonchev–Trinajstić information content (AvgIpc) is 3.39. The number of nitrogens with zero attached hydrogens (tertiary/aromatic N) is 3. The van der Waals surface area contributed by atoms with Crippen molar-refractivity contribution in [3.8, 4) is 28.4 Å². The molecule has 0 spiro atoms. The molecule has 0 unspecified atom stereocenters. The van der Waals surface area contributed by atoms with Crippen molar-refractivity contribution in [1.82, 2.24) is 14.1 Å². The van der Waals surface area contributed by atoms with E-state index in [1.165, 1.54) is 5.69 Å². The minimum atomic E-state index is -3.33. The van der Waals surface area contributed by atoms with Gasteiger partial charge in [-0.25, -0.2) is 13.4 Å². The number of aryl methyl sites for hydroxylation is 2. The number of hydrogen-bond acceptors (Lipinski definition) is 4. The summed E-state index contributed by atoms with van der Waals surface area (Å²) in [6, 6.07) is 17.8. The van der Waals surface area contributed by atoms with Crippen LogP contribution in [0.2, 0.25) is 0 Å². The molecule has 0 radical (unpaired) electrons. The molecule has 0 saturated heterocycles. The lowest BCUT2D eigenvalue weighted by Crippen LogP contribution is -2.09. The molecule has 4 rings (SSSR count). The van der Waals surface area contributed by atoms with E-state index < -0.39 is 10.0 Å². The minimum Gasteiger partial charge on any atom is -0.496 e. The Labute approximate surface area is 194 Å². The van der Waals surface area contributed by atoms with E-state index in [1.54, 1.807) is 25.4 Å². The van der Waals surface area contributed by atoms with Gasteiger partial charge in [0, 0.05) is 41.1 Å². The van der Waals surface area contributed by atoms with E-state index >= 15 is 0 Å². The second-order valence-corrected chi connectivity index (χ2v) is 9.69. The first-order valence-electron chi connectivity index (χ1n) is 10.8. The number of methoxy groups -OCH3 is 1. The number of ether oxygens (including phenoxy) is 1. The molecule has 0 aliphatic rings. The summed E-state index contributed by atoms with van der Waals surface area (Å²) in [4.78, 5) is 4.31. The summed E-state index contributed by atoms with van der Waals surface area (Å²) in [5.41, 5.74) is 5.62. The highest BCUT2D eigenvalue weighted by atomic mass is 32.2. The minimum absolute atomic E-state index is 0.532. The highest BCUT2D eigenvalue weighted by molar-refractivity contribution is 7.92. The van der Waals surface area contributed by atoms with Crippen molar-refractivity contribution in [2.24, 2.45) is 0 Å². The summed E-state index contributed by atoms with van der Waals surface area (Å²) >= 11 is 0. The fourth-order valence-corrected chi connectivity index (χ4v) is 4.59. The second-order valence-electron chi connectivity index (χ2n) is 7.95. The van der Waals surface area contributed by atoms with Crippen molar-refractivity contribution in [2.75, 3.05) is 18.1 Å². The van der Waals surface area contributed by atoms with Crippen LogP contribution >= 0.6 is 0 Å². The zero-order chi connectivity index (χ0) is 23.6. The van der Waals surface area contributed by atoms with Crippen LogP contribution in [0.25, 0.3) is 22.6 Å². The number of benzene rings is 2. The summed E-state index contributed by atoms with van der Waals surface area (Å²) in [6.45, 7) is 4.11. The molecular formula is C25H28N4O3S. The number of hydrogen-bond donors (Lipinski definition) is 1. The van der Waals surface area contributed by atoms with Gasteiger partial charge >= 0.3 is 0 Å². The highest BCUT2D eigenvalue weighted by Gasteiger charge is 2.16. The molecule has 2 heterocycles. The van der Waals surface area contributed by atoms with Crippen LogP contribution in [0.5, 0.6) is 5.75 Å². The molecule has 7 nitrogen and oxygen atoms in total. The topological polar surface area (TPSA) is 78.2 Å². The molecule has 8 heteroatoms. The highest BCUT2D eigenvalue weighted by Crippen LogP contribution is 2.35. The second kappa shape index (κ2) is 9.15. The fourth-order valence-electron chi connectivity index (χ4n) is 4.03. The van der Waals surface area contributed by atoms with Crippen LogP contribution in [0.4, 0.5) is 5.69 Å². The van der Waals surface area contributed by atoms with Gasteiger partial charge in [0.2, 0.25) is 10.0 Å². The monoisotopic (exact) mass is 464 g/mol. The predicted molar refractivity (Wildman–Crippen MR) is 132 cm³/mol. The van der Waals surface area contributed by atoms with E-state index in [0.717, 1.165) is 53.3 Å². The van der Waals surface area contributed by atoms with Gasteiger partial charge in [-0.1, -0.05) is 13.3 Å². The molecule has 0 aliphatic carbocycles. The van der Waals surface area contributed by atoms with Crippen molar-refractivity contribution in [1.29, 1.82) is 0 Å². The van der Waals surface area contributed by atoms with E-state index in [4.69, 9.17) is 4.74 Å². The van der Waals surface area contributed by atoms with Crippen LogP contribution in [0.15, 0.2) is 67.0 Å². The van der Waals surface area contributed by atoms with Crippen molar-refractivity contribution >= 4 is 15.7 Å². The largest absolute Gasteiger partial charge is 0.496 e. The van der Waals surface area contributed by atoms with Crippen LogP contribution in [-0.4, -0.2) is 35.9 Å². The summed E-state index contributed by atoms with van der Waals surface area (Å²) < 4.78 is 35.6. The van der Waals surface area contributed by atoms with Gasteiger partial charge in [0.05, 0.1) is 24.7 Å². The Morgan fingerprint density at radius 3 is 2.36 bits per heavy atom. The molecule has 33 heavy (non-hydrogen) atoms. The molecule has 4 aromatic rings. The molecule has 0 amide bonds. The molecule has 2 aromatic heterocycles. The number of anilines is 1. The Morgan fingerprint density at radius 2 is 1.76 bits per heavy atom. The lowest BCUT2D eigenvalue weighted by atomic mass is 10.1. The lowest BCUT2D eigenvalue weighted by Gasteiger charge is -2.17. The van der Waals surface area contributed by atoms with Crippen molar-refractivity contribution < 1.29 is 13.2 Å². The average molecular weight is 465 g/mol. The molecule has 0 aliphatic heterocycles. The SMILES string of the molecule is CCCc1ccc(-c2ccc(-n3ccnc3C)cc2OC)n1-c1ccc(NS(C)(=O)=O)cc1. The number of imidazole rings is 1. The zero-order valence-corrected chi connectivity index (χ0v) is 20.1. The fraction of sp³-hybridized carbons (Fsp3) is 0.240. The zero-order valence-electron chi connectivity index (χ0n) is 19.2. The summed E-state index contributed by atoms with van der Waals surface area (Å²) in [5, 5.41) is 0. The molecule has 1 N–H and O–H groups in total. The van der Waals surface area contributed by atoms with Gasteiger partial charge in [-0.3, -0.25) is 4.72 Å². The summed E-state index contributed by atoms with van der Waals surface area (Å²) in [7, 11) is -1.65. The van der Waals surface area contributed by atoms with E-state index in [-0.39, 0.29) is 0 Å². The number of sulfonamides is 1. The molecule has 2 aromatic carbocycles. The molecular weight excluding hydrogens is 436 g/mol. The van der Waals surface area contributed by atoms with Crippen molar-refractivity contribution in [3.63, 3.8) is 0 Å². The maximum absolute atomic E-state index is 11.6. The third kappa shape index (κ3) is 4.80. The molecule has 0 atom stereocenters. The summed E-state index contributed by atoms with van der Waals surface area (Å²) in [6.07, 6.45) is 6.77. The normalized spacial score (nSPS) is 11.5. The van der Waals surface area contributed by atoms with Crippen LogP contribution in [0.3, 0.4) is 0 Å². The van der Waals surface area contributed by atoms with Gasteiger partial charge in [-0.05, 0) is 61.9 Å². The predicted octanol–water partition coefficient (Wildman–Crippen LogP) is 4.97. The maximum Gasteiger partial charge on any atom is 0.229 e. The van der Waals surface area contributed by atoms with E-state index in [1.807, 2.05) is 35.9 Å². The van der Waals surface area contributed by atoms with Crippen LogP contribution in [0, 0.1) is 6.92 Å². The van der Waals surface area contributed by atoms with Gasteiger partial charge in [0.1, 0.15) is 11.6 Å². The Morgan fingerprint density at radius 1 is 1.03 bits per heavy atom. The molecule has 0 saturated carbocycles. The van der Waals surface area contributed by atoms with Gasteiger partial charge < -0.3 is 13.9 Å². The van der Waals surface area contributed by atoms with Gasteiger partial charge in [-0.2, -0.15) is 0 Å². The third-order valence-corrected chi connectivity index (χ3v) is 6.07. The quantitative estimate of drug-likeness (QED) is 0.399. The molecule has 172 valence electrons. The Bertz CT molecular complexity index is 1370. The maximum atomic E-state index is 11.6. The first kappa shape index (κ1) is 22.7. The van der Waals surface area contributed by atoms with Crippen molar-refractivity contribution in [3.05, 3.63) is 78.5 Å². The molecule has 0 fully saturated rings. The Hall–Kier alpha value is -3.52. The molecule has 0 bridgehead atoms. The van der Waals surface area contributed by atoms with E-state index in [9.17, 15) is 8.42 Å². The lowest BCUT2D eigenvalue weighted by molar-refractivity contribution is 0.416. The first-order valence-corrected chi connectivity index (χ1v) is 12.7. The number of aromatic nitrogens is 3. The smallest absolute Gasteiger partial charge is 0.229 e. The van der Waals surface area contributed by atoms with Gasteiger partial charge in [0.15, 0.2) is 0 Å². The number of rotatable bonds is 8. The van der Waals surface area contributed by atoms with Crippen LogP contribution in [-0.2, 0) is 16.4 Å². The van der Waals surface area contributed by atoms with E-state index in [0.29, 0.717) is 5.69 Å². The third-order valence-electron chi connectivity index (χ3n) is 5.46. The Balaban J connectivity index is 1.80. The first-order chi connectivity index (χ1) is 15.8. The van der Waals surface area contributed by atoms with Crippen molar-refractivity contribution in [2.45, 2.75) is 26.7 Å². The number of nitrogens with one attached hydrogen (secondary N) is 1. The van der Waals surface area contributed by atoms with Gasteiger partial charge in [0.25, 0.3) is 0 Å². The van der Waals surface area contributed by atoms with Crippen LogP contribution in [0.1, 0.15) is 24.9 Å². The van der Waals surface area contributed by atoms with Crippen LogP contribution < -0.4 is 9.46 Å². The van der Waals surface area contributed by atoms with E-state index in [2.05, 4.69) is 45.5 Å². The summed E-state index contributed by atoms with van der Waals surface area (Å²) in [5.74, 6) is 1.67.